The minimum Gasteiger partial charge on any atom is -0.297 e. The Morgan fingerprint density at radius 1 is 1.14 bits per heavy atom. The van der Waals surface area contributed by atoms with Gasteiger partial charge in [0.2, 0.25) is 0 Å². The quantitative estimate of drug-likeness (QED) is 0.813. The van der Waals surface area contributed by atoms with Gasteiger partial charge >= 0.3 is 0 Å². The Labute approximate surface area is 128 Å². The van der Waals surface area contributed by atoms with Crippen molar-refractivity contribution in [3.05, 3.63) is 35.9 Å². The number of carbonyl (C=O) groups is 1. The third-order valence-corrected chi connectivity index (χ3v) is 5.53. The van der Waals surface area contributed by atoms with Crippen LogP contribution in [0, 0.1) is 5.92 Å². The summed E-state index contributed by atoms with van der Waals surface area (Å²) in [5, 5.41) is 0. The lowest BCUT2D eigenvalue weighted by Gasteiger charge is -2.51. The van der Waals surface area contributed by atoms with Gasteiger partial charge < -0.3 is 0 Å². The maximum atomic E-state index is 13.0. The summed E-state index contributed by atoms with van der Waals surface area (Å²) in [5.41, 5.74) is 0.870. The largest absolute Gasteiger partial charge is 0.297 e. The zero-order chi connectivity index (χ0) is 14.9. The predicted molar refractivity (Wildman–Crippen MR) is 86.2 cm³/mol. The average molecular weight is 285 g/mol. The second-order valence-corrected chi connectivity index (χ2v) is 7.03. The molecule has 1 aliphatic heterocycles. The molecule has 2 heteroatoms. The number of rotatable bonds is 2. The lowest BCUT2D eigenvalue weighted by atomic mass is 9.72. The Hall–Kier alpha value is -1.15. The topological polar surface area (TPSA) is 20.3 Å². The van der Waals surface area contributed by atoms with Gasteiger partial charge in [-0.05, 0) is 50.6 Å². The van der Waals surface area contributed by atoms with Gasteiger partial charge in [0, 0.05) is 12.5 Å². The smallest absolute Gasteiger partial charge is 0.157 e. The van der Waals surface area contributed by atoms with Crippen LogP contribution in [-0.2, 0) is 10.3 Å². The molecule has 1 saturated heterocycles. The number of nitrogens with zero attached hydrogens (tertiary/aromatic N) is 1. The molecule has 21 heavy (non-hydrogen) atoms. The summed E-state index contributed by atoms with van der Waals surface area (Å²) < 4.78 is 0. The second kappa shape index (κ2) is 5.92. The fourth-order valence-corrected chi connectivity index (χ4v) is 4.48. The highest BCUT2D eigenvalue weighted by atomic mass is 16.1. The van der Waals surface area contributed by atoms with Gasteiger partial charge in [0.15, 0.2) is 5.78 Å². The first kappa shape index (κ1) is 14.8. The summed E-state index contributed by atoms with van der Waals surface area (Å²) in [6, 6.07) is 11.0. The lowest BCUT2D eigenvalue weighted by Crippen LogP contribution is -2.58. The minimum atomic E-state index is -0.348. The number of hydrogen-bond donors (Lipinski definition) is 0. The molecule has 0 amide bonds. The third kappa shape index (κ3) is 2.55. The van der Waals surface area contributed by atoms with E-state index in [9.17, 15) is 4.79 Å². The van der Waals surface area contributed by atoms with Crippen LogP contribution in [0.2, 0.25) is 0 Å². The molecule has 0 bridgehead atoms. The molecule has 0 radical (unpaired) electrons. The fraction of sp³-hybridized carbons (Fsp3) is 0.632. The molecule has 1 aromatic carbocycles. The van der Waals surface area contributed by atoms with E-state index in [0.717, 1.165) is 31.7 Å². The zero-order valence-electron chi connectivity index (χ0n) is 13.3. The highest BCUT2D eigenvalue weighted by Gasteiger charge is 2.48. The van der Waals surface area contributed by atoms with Gasteiger partial charge in [-0.15, -0.1) is 0 Å². The van der Waals surface area contributed by atoms with Gasteiger partial charge in [0.05, 0.1) is 0 Å². The molecule has 2 fully saturated rings. The van der Waals surface area contributed by atoms with Crippen LogP contribution in [0.3, 0.4) is 0 Å². The van der Waals surface area contributed by atoms with E-state index < -0.39 is 0 Å². The van der Waals surface area contributed by atoms with Gasteiger partial charge in [0.1, 0.15) is 5.54 Å². The van der Waals surface area contributed by atoms with E-state index in [4.69, 9.17) is 0 Å². The number of piperidine rings is 1. The van der Waals surface area contributed by atoms with E-state index in [-0.39, 0.29) is 5.54 Å². The molecular formula is C19H27NO. The van der Waals surface area contributed by atoms with Crippen LogP contribution in [0.15, 0.2) is 30.3 Å². The van der Waals surface area contributed by atoms with E-state index in [0.29, 0.717) is 11.8 Å². The van der Waals surface area contributed by atoms with Gasteiger partial charge in [0.25, 0.3) is 0 Å². The molecule has 1 aliphatic carbocycles. The van der Waals surface area contributed by atoms with Crippen molar-refractivity contribution in [3.63, 3.8) is 0 Å². The second-order valence-electron chi connectivity index (χ2n) is 7.03. The van der Waals surface area contributed by atoms with E-state index in [1.54, 1.807) is 0 Å². The number of ketones is 1. The standard InChI is InChI=1S/C19H27NO/c1-15-11-13-20(16(2)14-15)19(12-7-6-10-18(19)21)17-8-4-3-5-9-17/h3-5,8-9,15-16H,6-7,10-14H2,1-2H3/t15?,16?,19-/m1/s1. The van der Waals surface area contributed by atoms with Gasteiger partial charge in [-0.1, -0.05) is 43.7 Å². The first-order chi connectivity index (χ1) is 10.1. The van der Waals surface area contributed by atoms with Gasteiger partial charge in [-0.3, -0.25) is 9.69 Å². The Morgan fingerprint density at radius 2 is 1.90 bits per heavy atom. The first-order valence-corrected chi connectivity index (χ1v) is 8.50. The molecule has 3 atom stereocenters. The molecule has 2 aliphatic rings. The van der Waals surface area contributed by atoms with Crippen molar-refractivity contribution >= 4 is 5.78 Å². The number of carbonyl (C=O) groups excluding carboxylic acids is 1. The summed E-state index contributed by atoms with van der Waals surface area (Å²) in [7, 11) is 0. The monoisotopic (exact) mass is 285 g/mol. The summed E-state index contributed by atoms with van der Waals surface area (Å²) in [4.78, 5) is 15.5. The first-order valence-electron chi connectivity index (χ1n) is 8.50. The van der Waals surface area contributed by atoms with Crippen LogP contribution < -0.4 is 0 Å². The van der Waals surface area contributed by atoms with Crippen molar-refractivity contribution in [1.82, 2.24) is 4.90 Å². The van der Waals surface area contributed by atoms with Gasteiger partial charge in [-0.25, -0.2) is 0 Å². The summed E-state index contributed by atoms with van der Waals surface area (Å²) in [5.74, 6) is 1.23. The SMILES string of the molecule is CC1CCN([C@@]2(c3ccccc3)CCCCC2=O)C(C)C1. The fourth-order valence-electron chi connectivity index (χ4n) is 4.48. The molecule has 1 aromatic rings. The molecule has 114 valence electrons. The van der Waals surface area contributed by atoms with E-state index in [1.807, 2.05) is 6.07 Å². The van der Waals surface area contributed by atoms with Crippen molar-refractivity contribution in [2.75, 3.05) is 6.54 Å². The Bertz CT molecular complexity index is 498. The van der Waals surface area contributed by atoms with Crippen molar-refractivity contribution in [1.29, 1.82) is 0 Å². The Kier molecular flexibility index (Phi) is 4.17. The van der Waals surface area contributed by atoms with Crippen molar-refractivity contribution in [2.45, 2.75) is 64.0 Å². The molecule has 2 unspecified atom stereocenters. The van der Waals surface area contributed by atoms with Gasteiger partial charge in [-0.2, -0.15) is 0 Å². The minimum absolute atomic E-state index is 0.348. The maximum Gasteiger partial charge on any atom is 0.157 e. The van der Waals surface area contributed by atoms with Crippen LogP contribution >= 0.6 is 0 Å². The van der Waals surface area contributed by atoms with E-state index >= 15 is 0 Å². The van der Waals surface area contributed by atoms with Crippen molar-refractivity contribution in [2.24, 2.45) is 5.92 Å². The number of hydrogen-bond acceptors (Lipinski definition) is 2. The van der Waals surface area contributed by atoms with Crippen molar-refractivity contribution in [3.8, 4) is 0 Å². The average Bonchev–Trinajstić information content (AvgIpc) is 2.49. The molecule has 0 aromatic heterocycles. The summed E-state index contributed by atoms with van der Waals surface area (Å²) >= 11 is 0. The highest BCUT2D eigenvalue weighted by Crippen LogP contribution is 2.43. The van der Waals surface area contributed by atoms with E-state index in [1.165, 1.54) is 24.8 Å². The lowest BCUT2D eigenvalue weighted by molar-refractivity contribution is -0.139. The number of benzene rings is 1. The molecular weight excluding hydrogens is 258 g/mol. The van der Waals surface area contributed by atoms with E-state index in [2.05, 4.69) is 43.0 Å². The van der Waals surface area contributed by atoms with Crippen LogP contribution in [-0.4, -0.2) is 23.3 Å². The van der Waals surface area contributed by atoms with Crippen LogP contribution in [0.4, 0.5) is 0 Å². The van der Waals surface area contributed by atoms with Crippen molar-refractivity contribution < 1.29 is 4.79 Å². The highest BCUT2D eigenvalue weighted by molar-refractivity contribution is 5.90. The summed E-state index contributed by atoms with van der Waals surface area (Å²) in [6.07, 6.45) is 6.39. The Balaban J connectivity index is 2.02. The zero-order valence-corrected chi connectivity index (χ0v) is 13.3. The maximum absolute atomic E-state index is 13.0. The molecule has 1 saturated carbocycles. The van der Waals surface area contributed by atoms with Crippen LogP contribution in [0.25, 0.3) is 0 Å². The van der Waals surface area contributed by atoms with Crippen LogP contribution in [0.5, 0.6) is 0 Å². The molecule has 0 spiro atoms. The molecule has 2 nitrogen and oxygen atoms in total. The number of likely N-dealkylation sites (tertiary alicyclic amines) is 1. The normalized spacial score (nSPS) is 34.9. The summed E-state index contributed by atoms with van der Waals surface area (Å²) in [6.45, 7) is 5.71. The molecule has 3 rings (SSSR count). The predicted octanol–water partition coefficient (Wildman–Crippen LogP) is 4.15. The third-order valence-electron chi connectivity index (χ3n) is 5.53. The van der Waals surface area contributed by atoms with Crippen LogP contribution in [0.1, 0.15) is 57.9 Å². The molecule has 0 N–H and O–H groups in total. The Morgan fingerprint density at radius 3 is 2.57 bits per heavy atom. The molecule has 1 heterocycles. The number of Topliss-reactive ketones (excluding diaryl/α,β-unsaturated/α-hetero) is 1.